The van der Waals surface area contributed by atoms with Crippen molar-refractivity contribution in [3.05, 3.63) is 30.5 Å². The molecular weight excluding hydrogens is 341 g/mol. The van der Waals surface area contributed by atoms with Crippen LogP contribution in [0.25, 0.3) is 0 Å². The maximum absolute atomic E-state index is 12.2. The van der Waals surface area contributed by atoms with Gasteiger partial charge in [-0.1, -0.05) is 6.07 Å². The predicted octanol–water partition coefficient (Wildman–Crippen LogP) is 1.43. The van der Waals surface area contributed by atoms with Gasteiger partial charge < -0.3 is 20.9 Å². The SMILES string of the molecule is Bc1cnc(Nc2cccc(NC(=O)N3CCCC3)c2)nc1NCCC#N. The van der Waals surface area contributed by atoms with Gasteiger partial charge in [-0.3, -0.25) is 0 Å². The average Bonchev–Trinajstić information content (AvgIpc) is 3.20. The lowest BCUT2D eigenvalue weighted by molar-refractivity contribution is 0.222. The second-order valence-electron chi connectivity index (χ2n) is 6.39. The molecule has 138 valence electrons. The molecule has 1 aliphatic heterocycles. The van der Waals surface area contributed by atoms with Gasteiger partial charge in [0.1, 0.15) is 13.7 Å². The Morgan fingerprint density at radius 2 is 2.07 bits per heavy atom. The zero-order valence-corrected chi connectivity index (χ0v) is 15.3. The number of anilines is 4. The molecule has 2 heterocycles. The molecule has 1 saturated heterocycles. The van der Waals surface area contributed by atoms with Gasteiger partial charge in [-0.15, -0.1) is 0 Å². The smallest absolute Gasteiger partial charge is 0.321 e. The average molecular weight is 363 g/mol. The molecule has 1 fully saturated rings. The van der Waals surface area contributed by atoms with Gasteiger partial charge in [0.2, 0.25) is 5.95 Å². The fourth-order valence-electron chi connectivity index (χ4n) is 2.84. The van der Waals surface area contributed by atoms with E-state index in [9.17, 15) is 4.79 Å². The summed E-state index contributed by atoms with van der Waals surface area (Å²) < 4.78 is 0. The van der Waals surface area contributed by atoms with Crippen LogP contribution in [0.1, 0.15) is 19.3 Å². The van der Waals surface area contributed by atoms with Crippen molar-refractivity contribution >= 4 is 42.5 Å². The predicted molar refractivity (Wildman–Crippen MR) is 108 cm³/mol. The Balaban J connectivity index is 1.66. The molecule has 0 radical (unpaired) electrons. The summed E-state index contributed by atoms with van der Waals surface area (Å²) in [6.07, 6.45) is 4.25. The third-order valence-corrected chi connectivity index (χ3v) is 4.26. The van der Waals surface area contributed by atoms with Crippen LogP contribution in [0, 0.1) is 11.3 Å². The van der Waals surface area contributed by atoms with Crippen molar-refractivity contribution in [3.63, 3.8) is 0 Å². The molecule has 0 spiro atoms. The van der Waals surface area contributed by atoms with Crippen molar-refractivity contribution in [1.29, 1.82) is 5.26 Å². The maximum Gasteiger partial charge on any atom is 0.321 e. The summed E-state index contributed by atoms with van der Waals surface area (Å²) >= 11 is 0. The van der Waals surface area contributed by atoms with E-state index < -0.39 is 0 Å². The summed E-state index contributed by atoms with van der Waals surface area (Å²) in [6, 6.07) is 9.47. The second kappa shape index (κ2) is 8.89. The summed E-state index contributed by atoms with van der Waals surface area (Å²) in [7, 11) is 1.91. The molecule has 3 rings (SSSR count). The first kappa shape index (κ1) is 18.5. The Hall–Kier alpha value is -3.28. The first-order valence-corrected chi connectivity index (χ1v) is 9.03. The molecule has 3 N–H and O–H groups in total. The zero-order valence-electron chi connectivity index (χ0n) is 15.3. The number of nitrogens with zero attached hydrogens (tertiary/aromatic N) is 4. The van der Waals surface area contributed by atoms with Crippen molar-refractivity contribution in [2.75, 3.05) is 35.6 Å². The summed E-state index contributed by atoms with van der Waals surface area (Å²) in [4.78, 5) is 22.8. The first-order valence-electron chi connectivity index (χ1n) is 9.03. The highest BCUT2D eigenvalue weighted by atomic mass is 16.2. The molecule has 2 amide bonds. The molecule has 9 heteroatoms. The van der Waals surface area contributed by atoms with Gasteiger partial charge >= 0.3 is 6.03 Å². The minimum Gasteiger partial charge on any atom is -0.369 e. The number of hydrogen-bond acceptors (Lipinski definition) is 6. The van der Waals surface area contributed by atoms with E-state index in [1.54, 1.807) is 6.20 Å². The fraction of sp³-hybridized carbons (Fsp3) is 0.333. The molecule has 8 nitrogen and oxygen atoms in total. The maximum atomic E-state index is 12.2. The van der Waals surface area contributed by atoms with Gasteiger partial charge in [-0.25, -0.2) is 9.78 Å². The normalized spacial score (nSPS) is 13.1. The van der Waals surface area contributed by atoms with E-state index in [0.29, 0.717) is 24.7 Å². The number of carbonyl (C=O) groups excluding carboxylic acids is 1. The van der Waals surface area contributed by atoms with Crippen molar-refractivity contribution in [2.45, 2.75) is 19.3 Å². The van der Waals surface area contributed by atoms with Gasteiger partial charge in [0.25, 0.3) is 0 Å². The number of nitriles is 1. The number of hydrogen-bond donors (Lipinski definition) is 3. The molecular formula is C18H22BN7O. The van der Waals surface area contributed by atoms with Crippen LogP contribution in [-0.2, 0) is 0 Å². The molecule has 1 aromatic carbocycles. The Morgan fingerprint density at radius 1 is 1.30 bits per heavy atom. The number of rotatable bonds is 6. The van der Waals surface area contributed by atoms with Gasteiger partial charge in [0.15, 0.2) is 0 Å². The van der Waals surface area contributed by atoms with Crippen molar-refractivity contribution in [1.82, 2.24) is 14.9 Å². The zero-order chi connectivity index (χ0) is 19.1. The third-order valence-electron chi connectivity index (χ3n) is 4.26. The monoisotopic (exact) mass is 363 g/mol. The van der Waals surface area contributed by atoms with Gasteiger partial charge in [-0.05, 0) is 36.5 Å². The van der Waals surface area contributed by atoms with E-state index in [-0.39, 0.29) is 6.03 Å². The lowest BCUT2D eigenvalue weighted by atomic mass is 9.99. The Labute approximate surface area is 159 Å². The Bertz CT molecular complexity index is 846. The highest BCUT2D eigenvalue weighted by Crippen LogP contribution is 2.19. The van der Waals surface area contributed by atoms with Crippen molar-refractivity contribution < 1.29 is 4.79 Å². The molecule has 0 aliphatic carbocycles. The summed E-state index contributed by atoms with van der Waals surface area (Å²) in [5.74, 6) is 1.14. The lowest BCUT2D eigenvalue weighted by Gasteiger charge is -2.16. The van der Waals surface area contributed by atoms with Crippen LogP contribution < -0.4 is 21.4 Å². The Morgan fingerprint density at radius 3 is 2.85 bits per heavy atom. The number of benzene rings is 1. The number of carbonyl (C=O) groups is 1. The van der Waals surface area contributed by atoms with E-state index in [1.165, 1.54) is 0 Å². The van der Waals surface area contributed by atoms with Crippen LogP contribution in [-0.4, -0.2) is 48.4 Å². The number of aromatic nitrogens is 2. The topological polar surface area (TPSA) is 106 Å². The van der Waals surface area contributed by atoms with Gasteiger partial charge in [0.05, 0.1) is 12.5 Å². The molecule has 0 atom stereocenters. The highest BCUT2D eigenvalue weighted by Gasteiger charge is 2.17. The minimum atomic E-state index is -0.0692. The molecule has 1 aliphatic rings. The quantitative estimate of drug-likeness (QED) is 0.530. The number of nitrogens with one attached hydrogen (secondary N) is 3. The van der Waals surface area contributed by atoms with E-state index in [2.05, 4.69) is 32.0 Å². The van der Waals surface area contributed by atoms with E-state index in [4.69, 9.17) is 5.26 Å². The van der Waals surface area contributed by atoms with Crippen LogP contribution in [0.2, 0.25) is 0 Å². The largest absolute Gasteiger partial charge is 0.369 e. The molecule has 2 aromatic rings. The first-order chi connectivity index (χ1) is 13.2. The molecule has 0 saturated carbocycles. The summed E-state index contributed by atoms with van der Waals surface area (Å²) in [5, 5.41) is 17.9. The minimum absolute atomic E-state index is 0.0692. The molecule has 1 aromatic heterocycles. The van der Waals surface area contributed by atoms with Gasteiger partial charge in [0, 0.05) is 37.2 Å². The highest BCUT2D eigenvalue weighted by molar-refractivity contribution is 6.35. The molecule has 0 unspecified atom stereocenters. The summed E-state index contributed by atoms with van der Waals surface area (Å²) in [5.41, 5.74) is 2.41. The van der Waals surface area contributed by atoms with E-state index in [0.717, 1.165) is 42.8 Å². The molecule has 27 heavy (non-hydrogen) atoms. The summed E-state index contributed by atoms with van der Waals surface area (Å²) in [6.45, 7) is 2.15. The van der Waals surface area contributed by atoms with Crippen molar-refractivity contribution in [2.24, 2.45) is 0 Å². The number of urea groups is 1. The molecule has 0 bridgehead atoms. The number of likely N-dealkylation sites (tertiary alicyclic amines) is 1. The van der Waals surface area contributed by atoms with Crippen molar-refractivity contribution in [3.8, 4) is 6.07 Å². The standard InChI is InChI=1S/C18H22BN7O/c19-15-12-22-17(25-16(15)21-8-4-7-20)23-13-5-3-6-14(11-13)24-18(27)26-9-1-2-10-26/h3,5-6,11-12H,1-2,4,8-10,19H2,(H,24,27)(H2,21,22,23,25). The van der Waals surface area contributed by atoms with Crippen LogP contribution in [0.3, 0.4) is 0 Å². The lowest BCUT2D eigenvalue weighted by Crippen LogP contribution is -2.32. The van der Waals surface area contributed by atoms with E-state index >= 15 is 0 Å². The second-order valence-corrected chi connectivity index (χ2v) is 6.39. The number of amides is 2. The van der Waals surface area contributed by atoms with Crippen LogP contribution in [0.5, 0.6) is 0 Å². The van der Waals surface area contributed by atoms with E-state index in [1.807, 2.05) is 37.0 Å². The van der Waals surface area contributed by atoms with Gasteiger partial charge in [-0.2, -0.15) is 10.2 Å². The van der Waals surface area contributed by atoms with Crippen LogP contribution in [0.4, 0.5) is 27.9 Å². The fourth-order valence-corrected chi connectivity index (χ4v) is 2.84. The van der Waals surface area contributed by atoms with Crippen LogP contribution in [0.15, 0.2) is 30.5 Å². The van der Waals surface area contributed by atoms with Crippen LogP contribution >= 0.6 is 0 Å². The third kappa shape index (κ3) is 5.11. The Kier molecular flexibility index (Phi) is 6.10.